The average Bonchev–Trinajstić information content (AvgIpc) is 2.84. The second-order valence-electron chi connectivity index (χ2n) is 4.72. The highest BCUT2D eigenvalue weighted by Gasteiger charge is 2.11. The smallest absolute Gasteiger partial charge is 0.118 e. The molecule has 0 fully saturated rings. The van der Waals surface area contributed by atoms with Gasteiger partial charge in [0.05, 0.1) is 17.8 Å². The lowest BCUT2D eigenvalue weighted by Crippen LogP contribution is -2.19. The van der Waals surface area contributed by atoms with Crippen LogP contribution in [0.4, 0.5) is 0 Å². The SMILES string of the molecule is COc1ccc(CC(CN)Cc2csc(C)n2)cc1. The van der Waals surface area contributed by atoms with Gasteiger partial charge >= 0.3 is 0 Å². The molecule has 2 N–H and O–H groups in total. The van der Waals surface area contributed by atoms with E-state index < -0.39 is 0 Å². The molecule has 0 aliphatic carbocycles. The Morgan fingerprint density at radius 1 is 1.26 bits per heavy atom. The summed E-state index contributed by atoms with van der Waals surface area (Å²) in [7, 11) is 1.68. The summed E-state index contributed by atoms with van der Waals surface area (Å²) in [6.07, 6.45) is 1.93. The Labute approximate surface area is 118 Å². The molecule has 1 aromatic carbocycles. The molecule has 19 heavy (non-hydrogen) atoms. The Kier molecular flexibility index (Phi) is 4.93. The number of nitrogens with zero attached hydrogens (tertiary/aromatic N) is 1. The number of methoxy groups -OCH3 is 1. The summed E-state index contributed by atoms with van der Waals surface area (Å²) < 4.78 is 5.17. The molecule has 3 nitrogen and oxygen atoms in total. The number of rotatable bonds is 6. The van der Waals surface area contributed by atoms with Crippen LogP contribution in [-0.2, 0) is 12.8 Å². The Balaban J connectivity index is 1.97. The standard InChI is InChI=1S/C15H20N2OS/c1-11-17-14(10-19-11)8-13(9-16)7-12-3-5-15(18-2)6-4-12/h3-6,10,13H,7-9,16H2,1-2H3. The molecule has 0 bridgehead atoms. The number of hydrogen-bond acceptors (Lipinski definition) is 4. The Morgan fingerprint density at radius 3 is 2.53 bits per heavy atom. The van der Waals surface area contributed by atoms with Gasteiger partial charge in [0.2, 0.25) is 0 Å². The zero-order valence-electron chi connectivity index (χ0n) is 11.4. The molecule has 2 aromatic rings. The fourth-order valence-corrected chi connectivity index (χ4v) is 2.76. The third kappa shape index (κ3) is 4.04. The molecule has 0 spiro atoms. The van der Waals surface area contributed by atoms with Crippen LogP contribution >= 0.6 is 11.3 Å². The summed E-state index contributed by atoms with van der Waals surface area (Å²) in [4.78, 5) is 4.51. The number of aryl methyl sites for hydroxylation is 1. The van der Waals surface area contributed by atoms with Crippen molar-refractivity contribution in [2.24, 2.45) is 11.7 Å². The summed E-state index contributed by atoms with van der Waals surface area (Å²) in [5.41, 5.74) is 8.34. The predicted molar refractivity (Wildman–Crippen MR) is 79.8 cm³/mol. The first-order valence-electron chi connectivity index (χ1n) is 6.45. The van der Waals surface area contributed by atoms with Crippen molar-refractivity contribution in [1.82, 2.24) is 4.98 Å². The molecule has 102 valence electrons. The summed E-state index contributed by atoms with van der Waals surface area (Å²) in [6.45, 7) is 2.72. The highest BCUT2D eigenvalue weighted by atomic mass is 32.1. The van der Waals surface area contributed by atoms with Crippen molar-refractivity contribution in [2.45, 2.75) is 19.8 Å². The minimum Gasteiger partial charge on any atom is -0.497 e. The van der Waals surface area contributed by atoms with Gasteiger partial charge in [-0.1, -0.05) is 12.1 Å². The summed E-state index contributed by atoms with van der Waals surface area (Å²) in [5.74, 6) is 1.33. The molecule has 0 aliphatic rings. The first-order valence-corrected chi connectivity index (χ1v) is 7.33. The van der Waals surface area contributed by atoms with Crippen LogP contribution in [-0.4, -0.2) is 18.6 Å². The maximum absolute atomic E-state index is 5.88. The maximum atomic E-state index is 5.88. The molecule has 1 atom stereocenters. The van der Waals surface area contributed by atoms with E-state index >= 15 is 0 Å². The van der Waals surface area contributed by atoms with Gasteiger partial charge < -0.3 is 10.5 Å². The lowest BCUT2D eigenvalue weighted by Gasteiger charge is -2.13. The number of aromatic nitrogens is 1. The molecular weight excluding hydrogens is 256 g/mol. The highest BCUT2D eigenvalue weighted by molar-refractivity contribution is 7.09. The van der Waals surface area contributed by atoms with Crippen molar-refractivity contribution in [2.75, 3.05) is 13.7 Å². The van der Waals surface area contributed by atoms with E-state index in [-0.39, 0.29) is 0 Å². The number of benzene rings is 1. The molecule has 0 saturated carbocycles. The third-order valence-electron chi connectivity index (χ3n) is 3.18. The van der Waals surface area contributed by atoms with Gasteiger partial charge in [-0.15, -0.1) is 11.3 Å². The summed E-state index contributed by atoms with van der Waals surface area (Å²) in [5, 5.41) is 3.25. The topological polar surface area (TPSA) is 48.1 Å². The molecule has 4 heteroatoms. The van der Waals surface area contributed by atoms with Crippen LogP contribution in [0.1, 0.15) is 16.3 Å². The first kappa shape index (κ1) is 14.0. The van der Waals surface area contributed by atoms with Crippen molar-refractivity contribution in [3.63, 3.8) is 0 Å². The van der Waals surface area contributed by atoms with E-state index in [1.54, 1.807) is 18.4 Å². The van der Waals surface area contributed by atoms with E-state index in [0.717, 1.165) is 29.3 Å². The van der Waals surface area contributed by atoms with Gasteiger partial charge in [0.25, 0.3) is 0 Å². The number of nitrogens with two attached hydrogens (primary N) is 1. The molecule has 1 aromatic heterocycles. The van der Waals surface area contributed by atoms with Gasteiger partial charge in [-0.3, -0.25) is 0 Å². The minimum atomic E-state index is 0.440. The van der Waals surface area contributed by atoms with Crippen LogP contribution in [0.25, 0.3) is 0 Å². The van der Waals surface area contributed by atoms with Crippen LogP contribution in [0.2, 0.25) is 0 Å². The number of thiazole rings is 1. The zero-order valence-corrected chi connectivity index (χ0v) is 12.2. The Morgan fingerprint density at radius 2 is 2.00 bits per heavy atom. The van der Waals surface area contributed by atoms with Gasteiger partial charge in [0.1, 0.15) is 5.75 Å². The lowest BCUT2D eigenvalue weighted by atomic mass is 9.95. The first-order chi connectivity index (χ1) is 9.21. The molecule has 0 radical (unpaired) electrons. The van der Waals surface area contributed by atoms with Crippen molar-refractivity contribution in [3.05, 3.63) is 45.9 Å². The largest absolute Gasteiger partial charge is 0.497 e. The maximum Gasteiger partial charge on any atom is 0.118 e. The van der Waals surface area contributed by atoms with E-state index in [2.05, 4.69) is 22.5 Å². The molecular formula is C15H20N2OS. The number of ether oxygens (including phenoxy) is 1. The Hall–Kier alpha value is -1.39. The van der Waals surface area contributed by atoms with Gasteiger partial charge in [-0.2, -0.15) is 0 Å². The Bertz CT molecular complexity index is 507. The van der Waals surface area contributed by atoms with Crippen LogP contribution in [0.5, 0.6) is 5.75 Å². The third-order valence-corrected chi connectivity index (χ3v) is 4.00. The van der Waals surface area contributed by atoms with Crippen LogP contribution < -0.4 is 10.5 Å². The van der Waals surface area contributed by atoms with Gasteiger partial charge in [0, 0.05) is 5.38 Å². The second kappa shape index (κ2) is 6.68. The lowest BCUT2D eigenvalue weighted by molar-refractivity contribution is 0.414. The molecule has 2 rings (SSSR count). The monoisotopic (exact) mass is 276 g/mol. The van der Waals surface area contributed by atoms with Crippen LogP contribution in [0.15, 0.2) is 29.6 Å². The van der Waals surface area contributed by atoms with Crippen molar-refractivity contribution >= 4 is 11.3 Å². The quantitative estimate of drug-likeness (QED) is 0.882. The van der Waals surface area contributed by atoms with Crippen molar-refractivity contribution in [3.8, 4) is 5.75 Å². The van der Waals surface area contributed by atoms with E-state index in [1.165, 1.54) is 5.56 Å². The second-order valence-corrected chi connectivity index (χ2v) is 5.78. The summed E-state index contributed by atoms with van der Waals surface area (Å²) >= 11 is 1.70. The van der Waals surface area contributed by atoms with Gasteiger partial charge in [0.15, 0.2) is 0 Å². The van der Waals surface area contributed by atoms with Crippen molar-refractivity contribution in [1.29, 1.82) is 0 Å². The van der Waals surface area contributed by atoms with Gasteiger partial charge in [-0.25, -0.2) is 4.98 Å². The fourth-order valence-electron chi connectivity index (χ4n) is 2.13. The zero-order chi connectivity index (χ0) is 13.7. The average molecular weight is 276 g/mol. The summed E-state index contributed by atoms with van der Waals surface area (Å²) in [6, 6.07) is 8.20. The van der Waals surface area contributed by atoms with E-state index in [0.29, 0.717) is 12.5 Å². The molecule has 1 heterocycles. The molecule has 0 saturated heterocycles. The van der Waals surface area contributed by atoms with Gasteiger partial charge in [-0.05, 0) is 49.9 Å². The van der Waals surface area contributed by atoms with E-state index in [1.807, 2.05) is 19.1 Å². The van der Waals surface area contributed by atoms with Crippen molar-refractivity contribution < 1.29 is 4.74 Å². The van der Waals surface area contributed by atoms with E-state index in [9.17, 15) is 0 Å². The van der Waals surface area contributed by atoms with E-state index in [4.69, 9.17) is 10.5 Å². The molecule has 1 unspecified atom stereocenters. The van der Waals surface area contributed by atoms with Crippen LogP contribution in [0.3, 0.4) is 0 Å². The molecule has 0 aliphatic heterocycles. The number of hydrogen-bond donors (Lipinski definition) is 1. The van der Waals surface area contributed by atoms with Crippen LogP contribution in [0, 0.1) is 12.8 Å². The minimum absolute atomic E-state index is 0.440. The normalized spacial score (nSPS) is 12.4. The highest BCUT2D eigenvalue weighted by Crippen LogP contribution is 2.18. The predicted octanol–water partition coefficient (Wildman–Crippen LogP) is 2.82. The molecule has 0 amide bonds. The fraction of sp³-hybridized carbons (Fsp3) is 0.400.